The standard InChI is InChI=1S/C17H20N4O/c1-3-4-16-19-20-17(22-16)21-8-7-15-13(10-21)12-9-11(2)5-6-14(12)18-15/h5-6,9,18H,3-4,7-8,10H2,1-2H3. The van der Waals surface area contributed by atoms with Crippen LogP contribution in [0.2, 0.25) is 0 Å². The van der Waals surface area contributed by atoms with E-state index in [4.69, 9.17) is 4.42 Å². The summed E-state index contributed by atoms with van der Waals surface area (Å²) in [5, 5.41) is 9.66. The molecule has 0 spiro atoms. The predicted octanol–water partition coefficient (Wildman–Crippen LogP) is 3.37. The second-order valence-corrected chi connectivity index (χ2v) is 6.03. The molecule has 0 bridgehead atoms. The van der Waals surface area contributed by atoms with Crippen LogP contribution >= 0.6 is 0 Å². The SMILES string of the molecule is CCCc1nnc(N2CCc3[nH]c4ccc(C)cc4c3C2)o1. The zero-order chi connectivity index (χ0) is 15.1. The van der Waals surface area contributed by atoms with E-state index in [1.807, 2.05) is 0 Å². The van der Waals surface area contributed by atoms with Crippen LogP contribution < -0.4 is 4.90 Å². The Kier molecular flexibility index (Phi) is 3.13. The van der Waals surface area contributed by atoms with Gasteiger partial charge in [-0.15, -0.1) is 5.10 Å². The fourth-order valence-electron chi connectivity index (χ4n) is 3.18. The number of hydrogen-bond acceptors (Lipinski definition) is 4. The molecule has 1 N–H and O–H groups in total. The molecule has 0 saturated carbocycles. The second kappa shape index (κ2) is 5.16. The molecule has 3 aromatic rings. The summed E-state index contributed by atoms with van der Waals surface area (Å²) in [6.07, 6.45) is 2.85. The number of nitrogens with zero attached hydrogens (tertiary/aromatic N) is 3. The first-order valence-corrected chi connectivity index (χ1v) is 7.92. The summed E-state index contributed by atoms with van der Waals surface area (Å²) in [6.45, 7) is 5.99. The molecule has 4 rings (SSSR count). The molecule has 5 nitrogen and oxygen atoms in total. The number of H-pyrrole nitrogens is 1. The number of benzene rings is 1. The fourth-order valence-corrected chi connectivity index (χ4v) is 3.18. The maximum atomic E-state index is 5.78. The van der Waals surface area contributed by atoms with E-state index in [0.717, 1.165) is 38.2 Å². The third kappa shape index (κ3) is 2.17. The third-order valence-corrected chi connectivity index (χ3v) is 4.32. The lowest BCUT2D eigenvalue weighted by Gasteiger charge is -2.25. The highest BCUT2D eigenvalue weighted by Crippen LogP contribution is 2.30. The molecular formula is C17H20N4O. The molecule has 5 heteroatoms. The Morgan fingerprint density at radius 3 is 3.09 bits per heavy atom. The van der Waals surface area contributed by atoms with Crippen molar-refractivity contribution in [1.82, 2.24) is 15.2 Å². The minimum atomic E-state index is 0.649. The Labute approximate surface area is 129 Å². The van der Waals surface area contributed by atoms with Gasteiger partial charge in [0.25, 0.3) is 0 Å². The molecule has 0 unspecified atom stereocenters. The summed E-state index contributed by atoms with van der Waals surface area (Å²) >= 11 is 0. The lowest BCUT2D eigenvalue weighted by Crippen LogP contribution is -2.30. The van der Waals surface area contributed by atoms with Crippen LogP contribution in [-0.4, -0.2) is 21.7 Å². The molecule has 0 saturated heterocycles. The predicted molar refractivity (Wildman–Crippen MR) is 86.1 cm³/mol. The fraction of sp³-hybridized carbons (Fsp3) is 0.412. The molecule has 1 aliphatic heterocycles. The van der Waals surface area contributed by atoms with Gasteiger partial charge in [0.2, 0.25) is 5.89 Å². The molecule has 3 heterocycles. The molecule has 0 fully saturated rings. The number of fused-ring (bicyclic) bond motifs is 3. The first kappa shape index (κ1) is 13.4. The van der Waals surface area contributed by atoms with E-state index in [1.165, 1.54) is 27.7 Å². The van der Waals surface area contributed by atoms with Gasteiger partial charge in [0, 0.05) is 48.1 Å². The van der Waals surface area contributed by atoms with E-state index in [-0.39, 0.29) is 0 Å². The Bertz CT molecular complexity index is 817. The molecule has 0 radical (unpaired) electrons. The van der Waals surface area contributed by atoms with E-state index in [9.17, 15) is 0 Å². The average Bonchev–Trinajstić information content (AvgIpc) is 3.11. The summed E-state index contributed by atoms with van der Waals surface area (Å²) in [7, 11) is 0. The molecule has 114 valence electrons. The van der Waals surface area contributed by atoms with Gasteiger partial charge in [0.15, 0.2) is 0 Å². The number of anilines is 1. The van der Waals surface area contributed by atoms with Crippen molar-refractivity contribution in [2.24, 2.45) is 0 Å². The van der Waals surface area contributed by atoms with Crippen molar-refractivity contribution in [3.05, 3.63) is 40.9 Å². The molecule has 0 atom stereocenters. The van der Waals surface area contributed by atoms with Gasteiger partial charge in [-0.25, -0.2) is 0 Å². The van der Waals surface area contributed by atoms with E-state index in [1.54, 1.807) is 0 Å². The molecular weight excluding hydrogens is 276 g/mol. The van der Waals surface area contributed by atoms with Gasteiger partial charge in [-0.2, -0.15) is 0 Å². The third-order valence-electron chi connectivity index (χ3n) is 4.32. The number of hydrogen-bond donors (Lipinski definition) is 1. The first-order chi connectivity index (χ1) is 10.7. The first-order valence-electron chi connectivity index (χ1n) is 7.92. The smallest absolute Gasteiger partial charge is 0.318 e. The van der Waals surface area contributed by atoms with Crippen LogP contribution in [-0.2, 0) is 19.4 Å². The summed E-state index contributed by atoms with van der Waals surface area (Å²) in [5.41, 5.74) is 5.20. The Morgan fingerprint density at radius 1 is 1.32 bits per heavy atom. The van der Waals surface area contributed by atoms with E-state index < -0.39 is 0 Å². The van der Waals surface area contributed by atoms with Crippen molar-refractivity contribution in [2.45, 2.75) is 39.7 Å². The number of aromatic nitrogens is 3. The molecule has 22 heavy (non-hydrogen) atoms. The quantitative estimate of drug-likeness (QED) is 0.805. The van der Waals surface area contributed by atoms with Crippen molar-refractivity contribution < 1.29 is 4.42 Å². The van der Waals surface area contributed by atoms with Crippen molar-refractivity contribution >= 4 is 16.9 Å². The maximum absolute atomic E-state index is 5.78. The van der Waals surface area contributed by atoms with Crippen LogP contribution in [0.25, 0.3) is 10.9 Å². The number of nitrogens with one attached hydrogen (secondary N) is 1. The summed E-state index contributed by atoms with van der Waals surface area (Å²) in [4.78, 5) is 5.73. The van der Waals surface area contributed by atoms with Crippen molar-refractivity contribution in [3.8, 4) is 0 Å². The number of aryl methyl sites for hydroxylation is 2. The molecule has 2 aromatic heterocycles. The van der Waals surface area contributed by atoms with Crippen LogP contribution in [0.4, 0.5) is 6.01 Å². The van der Waals surface area contributed by atoms with Crippen LogP contribution in [0.1, 0.15) is 36.1 Å². The Balaban J connectivity index is 1.67. The normalized spacial score (nSPS) is 14.5. The van der Waals surface area contributed by atoms with Gasteiger partial charge in [0.1, 0.15) is 0 Å². The van der Waals surface area contributed by atoms with Crippen LogP contribution in [0, 0.1) is 6.92 Å². The van der Waals surface area contributed by atoms with Crippen molar-refractivity contribution in [1.29, 1.82) is 0 Å². The van der Waals surface area contributed by atoms with Gasteiger partial charge >= 0.3 is 6.01 Å². The van der Waals surface area contributed by atoms with E-state index >= 15 is 0 Å². The van der Waals surface area contributed by atoms with Crippen LogP contribution in [0.3, 0.4) is 0 Å². The summed E-state index contributed by atoms with van der Waals surface area (Å²) in [5.74, 6) is 0.734. The van der Waals surface area contributed by atoms with Crippen LogP contribution in [0.15, 0.2) is 22.6 Å². The largest absolute Gasteiger partial charge is 0.408 e. The van der Waals surface area contributed by atoms with Crippen molar-refractivity contribution in [2.75, 3.05) is 11.4 Å². The van der Waals surface area contributed by atoms with Gasteiger partial charge in [-0.05, 0) is 25.5 Å². The zero-order valence-corrected chi connectivity index (χ0v) is 13.0. The lowest BCUT2D eigenvalue weighted by atomic mass is 10.0. The average molecular weight is 296 g/mol. The summed E-state index contributed by atoms with van der Waals surface area (Å²) in [6, 6.07) is 7.22. The molecule has 1 aromatic carbocycles. The zero-order valence-electron chi connectivity index (χ0n) is 13.0. The molecule has 0 aliphatic carbocycles. The van der Waals surface area contributed by atoms with Gasteiger partial charge < -0.3 is 14.3 Å². The van der Waals surface area contributed by atoms with E-state index in [2.05, 4.69) is 52.1 Å². The van der Waals surface area contributed by atoms with Gasteiger partial charge in [-0.3, -0.25) is 0 Å². The number of rotatable bonds is 3. The lowest BCUT2D eigenvalue weighted by molar-refractivity contribution is 0.475. The Hall–Kier alpha value is -2.30. The maximum Gasteiger partial charge on any atom is 0.318 e. The highest BCUT2D eigenvalue weighted by Gasteiger charge is 2.24. The monoisotopic (exact) mass is 296 g/mol. The summed E-state index contributed by atoms with van der Waals surface area (Å²) < 4.78 is 5.78. The Morgan fingerprint density at radius 2 is 2.23 bits per heavy atom. The molecule has 0 amide bonds. The highest BCUT2D eigenvalue weighted by atomic mass is 16.4. The minimum absolute atomic E-state index is 0.649. The highest BCUT2D eigenvalue weighted by molar-refractivity contribution is 5.86. The topological polar surface area (TPSA) is 58.0 Å². The van der Waals surface area contributed by atoms with Crippen LogP contribution in [0.5, 0.6) is 0 Å². The van der Waals surface area contributed by atoms with Gasteiger partial charge in [-0.1, -0.05) is 23.7 Å². The molecule has 1 aliphatic rings. The van der Waals surface area contributed by atoms with E-state index in [0.29, 0.717) is 6.01 Å². The minimum Gasteiger partial charge on any atom is -0.408 e. The van der Waals surface area contributed by atoms with Crippen molar-refractivity contribution in [3.63, 3.8) is 0 Å². The van der Waals surface area contributed by atoms with Gasteiger partial charge in [0.05, 0.1) is 0 Å². The second-order valence-electron chi connectivity index (χ2n) is 6.03. The number of aromatic amines is 1.